The molecule has 1 aliphatic rings. The Kier molecular flexibility index (Phi) is 6.03. The van der Waals surface area contributed by atoms with Crippen LogP contribution in [0.5, 0.6) is 0 Å². The monoisotopic (exact) mass is 288 g/mol. The minimum atomic E-state index is -3.72. The van der Waals surface area contributed by atoms with Crippen LogP contribution in [0, 0.1) is 11.8 Å². The molecular formula is C13H24N2O3S. The highest BCUT2D eigenvalue weighted by Gasteiger charge is 2.24. The molecule has 0 aliphatic carbocycles. The van der Waals surface area contributed by atoms with Gasteiger partial charge in [-0.1, -0.05) is 20.8 Å². The van der Waals surface area contributed by atoms with Gasteiger partial charge in [0, 0.05) is 24.4 Å². The number of hydrogen-bond donors (Lipinski definition) is 3. The van der Waals surface area contributed by atoms with Crippen molar-refractivity contribution in [3.05, 3.63) is 24.0 Å². The first-order valence-electron chi connectivity index (χ1n) is 6.58. The van der Waals surface area contributed by atoms with Crippen LogP contribution >= 0.6 is 0 Å². The summed E-state index contributed by atoms with van der Waals surface area (Å²) >= 11 is 0. The predicted molar refractivity (Wildman–Crippen MR) is 76.8 cm³/mol. The molecule has 1 aromatic rings. The zero-order valence-corrected chi connectivity index (χ0v) is 12.6. The zero-order chi connectivity index (χ0) is 14.5. The van der Waals surface area contributed by atoms with Crippen LogP contribution in [0.25, 0.3) is 0 Å². The first-order valence-corrected chi connectivity index (χ1v) is 8.19. The number of H-pyrrole nitrogens is 1. The maximum Gasteiger partial charge on any atom is 0.265 e. The van der Waals surface area contributed by atoms with Crippen molar-refractivity contribution in [2.24, 2.45) is 11.8 Å². The van der Waals surface area contributed by atoms with Crippen molar-refractivity contribution in [2.45, 2.75) is 26.7 Å². The lowest BCUT2D eigenvalue weighted by molar-refractivity contribution is 0.473. The summed E-state index contributed by atoms with van der Waals surface area (Å²) in [4.78, 5) is 3.27. The summed E-state index contributed by atoms with van der Waals surface area (Å²) in [5.74, 6) is 1.33. The van der Waals surface area contributed by atoms with Crippen LogP contribution in [0.1, 0.15) is 32.4 Å². The Hall–Kier alpha value is -0.850. The van der Waals surface area contributed by atoms with Gasteiger partial charge in [-0.05, 0) is 30.5 Å². The van der Waals surface area contributed by atoms with E-state index in [1.165, 1.54) is 5.69 Å². The van der Waals surface area contributed by atoms with Crippen LogP contribution in [0.4, 0.5) is 0 Å². The molecule has 3 N–H and O–H groups in total. The zero-order valence-electron chi connectivity index (χ0n) is 11.8. The molecule has 0 bridgehead atoms. The molecule has 2 atom stereocenters. The Bertz CT molecular complexity index is 454. The smallest absolute Gasteiger partial charge is 0.265 e. The van der Waals surface area contributed by atoms with Crippen LogP contribution in [-0.4, -0.2) is 36.8 Å². The van der Waals surface area contributed by atoms with E-state index in [-0.39, 0.29) is 11.7 Å². The van der Waals surface area contributed by atoms with Crippen molar-refractivity contribution >= 4 is 10.1 Å². The van der Waals surface area contributed by atoms with Gasteiger partial charge in [0.25, 0.3) is 10.1 Å². The third kappa shape index (κ3) is 6.22. The second-order valence-electron chi connectivity index (χ2n) is 5.51. The maximum absolute atomic E-state index is 10.00. The molecule has 2 unspecified atom stereocenters. The van der Waals surface area contributed by atoms with Crippen molar-refractivity contribution in [3.63, 3.8) is 0 Å². The Labute approximate surface area is 115 Å². The summed E-state index contributed by atoms with van der Waals surface area (Å²) < 4.78 is 28.2. The largest absolute Gasteiger partial charge is 0.365 e. The third-order valence-electron chi connectivity index (χ3n) is 3.08. The van der Waals surface area contributed by atoms with Gasteiger partial charge in [-0.2, -0.15) is 8.42 Å². The van der Waals surface area contributed by atoms with Gasteiger partial charge in [0.15, 0.2) is 0 Å². The molecule has 0 radical (unpaired) electrons. The summed E-state index contributed by atoms with van der Waals surface area (Å²) in [6.45, 7) is 8.04. The summed E-state index contributed by atoms with van der Waals surface area (Å²) in [5, 5.41) is 3.39. The first-order chi connectivity index (χ1) is 8.79. The van der Waals surface area contributed by atoms with E-state index in [4.69, 9.17) is 4.55 Å². The van der Waals surface area contributed by atoms with E-state index in [9.17, 15) is 8.42 Å². The normalized spacial score (nSPS) is 23.2. The summed E-state index contributed by atoms with van der Waals surface area (Å²) in [6, 6.07) is 4.24. The SMILES string of the molecule is CC(C)CS(=O)(=O)O.CC1CNCC1c1ccc[nH]1. The fraction of sp³-hybridized carbons (Fsp3) is 0.692. The molecule has 0 spiro atoms. The van der Waals surface area contributed by atoms with E-state index in [2.05, 4.69) is 29.4 Å². The van der Waals surface area contributed by atoms with Gasteiger partial charge < -0.3 is 10.3 Å². The first kappa shape index (κ1) is 16.2. The number of rotatable bonds is 3. The van der Waals surface area contributed by atoms with Crippen molar-refractivity contribution in [1.29, 1.82) is 0 Å². The minimum Gasteiger partial charge on any atom is -0.365 e. The van der Waals surface area contributed by atoms with E-state index < -0.39 is 10.1 Å². The van der Waals surface area contributed by atoms with Gasteiger partial charge in [0.1, 0.15) is 0 Å². The summed E-state index contributed by atoms with van der Waals surface area (Å²) in [6.07, 6.45) is 2.00. The van der Waals surface area contributed by atoms with Crippen LogP contribution in [0.15, 0.2) is 18.3 Å². The fourth-order valence-corrected chi connectivity index (χ4v) is 3.07. The quantitative estimate of drug-likeness (QED) is 0.742. The maximum atomic E-state index is 10.00. The Morgan fingerprint density at radius 2 is 2.11 bits per heavy atom. The van der Waals surface area contributed by atoms with E-state index in [0.29, 0.717) is 5.92 Å². The fourth-order valence-electron chi connectivity index (χ4n) is 2.22. The van der Waals surface area contributed by atoms with Crippen LogP contribution in [0.2, 0.25) is 0 Å². The predicted octanol–water partition coefficient (Wildman–Crippen LogP) is 1.87. The average molecular weight is 288 g/mol. The average Bonchev–Trinajstić information content (AvgIpc) is 2.83. The third-order valence-corrected chi connectivity index (χ3v) is 4.17. The van der Waals surface area contributed by atoms with Gasteiger partial charge in [-0.25, -0.2) is 0 Å². The summed E-state index contributed by atoms with van der Waals surface area (Å²) in [7, 11) is -3.72. The van der Waals surface area contributed by atoms with Crippen molar-refractivity contribution in [1.82, 2.24) is 10.3 Å². The van der Waals surface area contributed by atoms with Gasteiger partial charge >= 0.3 is 0 Å². The molecule has 1 saturated heterocycles. The standard InChI is InChI=1S/C9H14N2.C4H10O3S/c1-7-5-10-6-8(7)9-3-2-4-11-9;1-4(2)3-8(5,6)7/h2-4,7-8,10-11H,5-6H2,1H3;4H,3H2,1-2H3,(H,5,6,7). The van der Waals surface area contributed by atoms with Crippen LogP contribution in [-0.2, 0) is 10.1 Å². The van der Waals surface area contributed by atoms with Crippen LogP contribution < -0.4 is 5.32 Å². The summed E-state index contributed by atoms with van der Waals surface area (Å²) in [5.41, 5.74) is 1.38. The molecule has 5 nitrogen and oxygen atoms in total. The molecule has 0 saturated carbocycles. The van der Waals surface area contributed by atoms with Crippen molar-refractivity contribution in [3.8, 4) is 0 Å². The number of hydrogen-bond acceptors (Lipinski definition) is 3. The molecule has 1 fully saturated rings. The molecule has 110 valence electrons. The minimum absolute atomic E-state index is 0.00463. The van der Waals surface area contributed by atoms with E-state index in [1.54, 1.807) is 13.8 Å². The number of aromatic amines is 1. The Balaban J connectivity index is 0.000000203. The van der Waals surface area contributed by atoms with Crippen molar-refractivity contribution in [2.75, 3.05) is 18.8 Å². The number of aromatic nitrogens is 1. The lowest BCUT2D eigenvalue weighted by atomic mass is 9.95. The van der Waals surface area contributed by atoms with Gasteiger partial charge in [-0.15, -0.1) is 0 Å². The van der Waals surface area contributed by atoms with Gasteiger partial charge in [-0.3, -0.25) is 4.55 Å². The lowest BCUT2D eigenvalue weighted by Crippen LogP contribution is -2.09. The Morgan fingerprint density at radius 1 is 1.42 bits per heavy atom. The molecule has 1 aliphatic heterocycles. The molecule has 0 amide bonds. The van der Waals surface area contributed by atoms with Crippen LogP contribution in [0.3, 0.4) is 0 Å². The second kappa shape index (κ2) is 7.07. The molecular weight excluding hydrogens is 264 g/mol. The molecule has 1 aromatic heterocycles. The number of nitrogens with one attached hydrogen (secondary N) is 2. The van der Waals surface area contributed by atoms with E-state index >= 15 is 0 Å². The van der Waals surface area contributed by atoms with Crippen molar-refractivity contribution < 1.29 is 13.0 Å². The second-order valence-corrected chi connectivity index (χ2v) is 7.01. The topological polar surface area (TPSA) is 82.2 Å². The highest BCUT2D eigenvalue weighted by atomic mass is 32.2. The molecule has 19 heavy (non-hydrogen) atoms. The molecule has 2 heterocycles. The Morgan fingerprint density at radius 3 is 2.42 bits per heavy atom. The highest BCUT2D eigenvalue weighted by Crippen LogP contribution is 2.25. The van der Waals surface area contributed by atoms with Gasteiger partial charge in [0.05, 0.1) is 5.75 Å². The molecule has 0 aromatic carbocycles. The van der Waals surface area contributed by atoms with E-state index in [1.807, 2.05) is 6.20 Å². The molecule has 2 rings (SSSR count). The van der Waals surface area contributed by atoms with Gasteiger partial charge in [0.2, 0.25) is 0 Å². The highest BCUT2D eigenvalue weighted by molar-refractivity contribution is 7.85. The molecule has 6 heteroatoms. The van der Waals surface area contributed by atoms with E-state index in [0.717, 1.165) is 19.0 Å². The lowest BCUT2D eigenvalue weighted by Gasteiger charge is -2.11.